The van der Waals surface area contributed by atoms with Crippen LogP contribution in [0.15, 0.2) is 42.5 Å². The van der Waals surface area contributed by atoms with E-state index in [1.54, 1.807) is 12.1 Å². The first kappa shape index (κ1) is 11.3. The molecule has 1 saturated carbocycles. The highest BCUT2D eigenvalue weighted by molar-refractivity contribution is 5.70. The van der Waals surface area contributed by atoms with Crippen molar-refractivity contribution < 1.29 is 4.39 Å². The van der Waals surface area contributed by atoms with Gasteiger partial charge >= 0.3 is 0 Å². The van der Waals surface area contributed by atoms with Gasteiger partial charge in [0.2, 0.25) is 0 Å². The van der Waals surface area contributed by atoms with Crippen LogP contribution >= 0.6 is 0 Å². The van der Waals surface area contributed by atoms with E-state index in [2.05, 4.69) is 6.07 Å². The van der Waals surface area contributed by atoms with E-state index < -0.39 is 0 Å². The van der Waals surface area contributed by atoms with E-state index in [1.165, 1.54) is 30.9 Å². The van der Waals surface area contributed by atoms with E-state index in [1.807, 2.05) is 18.2 Å². The molecule has 2 aromatic rings. The van der Waals surface area contributed by atoms with Crippen molar-refractivity contribution in [2.45, 2.75) is 25.2 Å². The summed E-state index contributed by atoms with van der Waals surface area (Å²) < 4.78 is 14.0. The first-order valence-electron chi connectivity index (χ1n) is 6.40. The molecular formula is C16H16FN. The van der Waals surface area contributed by atoms with Crippen LogP contribution in [0.2, 0.25) is 0 Å². The Labute approximate surface area is 106 Å². The third kappa shape index (κ3) is 1.88. The highest BCUT2D eigenvalue weighted by Gasteiger charge is 2.23. The number of halogens is 1. The third-order valence-corrected chi connectivity index (χ3v) is 3.79. The summed E-state index contributed by atoms with van der Waals surface area (Å²) in [4.78, 5) is 0. The van der Waals surface area contributed by atoms with Crippen LogP contribution in [0.5, 0.6) is 0 Å². The molecule has 0 saturated heterocycles. The molecule has 3 rings (SSSR count). The lowest BCUT2D eigenvalue weighted by Crippen LogP contribution is -2.10. The molecule has 0 spiro atoms. The first-order chi connectivity index (χ1) is 8.75. The summed E-state index contributed by atoms with van der Waals surface area (Å²) in [5.41, 5.74) is 9.01. The molecule has 0 radical (unpaired) electrons. The standard InChI is InChI=1S/C16H16FN/c17-16-10-12(18)8-9-15(16)14-7-2-1-6-13(14)11-4-3-5-11/h1-2,6-11H,3-5,18H2. The molecule has 0 atom stereocenters. The molecule has 1 fully saturated rings. The van der Waals surface area contributed by atoms with Gasteiger partial charge < -0.3 is 5.73 Å². The predicted octanol–water partition coefficient (Wildman–Crippen LogP) is 4.34. The molecule has 18 heavy (non-hydrogen) atoms. The lowest BCUT2D eigenvalue weighted by atomic mass is 9.77. The molecule has 0 aromatic heterocycles. The van der Waals surface area contributed by atoms with Gasteiger partial charge in [0.25, 0.3) is 0 Å². The van der Waals surface area contributed by atoms with Crippen molar-refractivity contribution in [3.63, 3.8) is 0 Å². The molecule has 1 nitrogen and oxygen atoms in total. The van der Waals surface area contributed by atoms with E-state index in [9.17, 15) is 4.39 Å². The molecule has 1 aliphatic rings. The monoisotopic (exact) mass is 241 g/mol. The summed E-state index contributed by atoms with van der Waals surface area (Å²) in [7, 11) is 0. The van der Waals surface area contributed by atoms with Crippen molar-refractivity contribution in [3.8, 4) is 11.1 Å². The van der Waals surface area contributed by atoms with Crippen LogP contribution in [0.25, 0.3) is 11.1 Å². The van der Waals surface area contributed by atoms with E-state index in [0.29, 0.717) is 17.2 Å². The van der Waals surface area contributed by atoms with Gasteiger partial charge in [0.15, 0.2) is 0 Å². The minimum atomic E-state index is -0.234. The average Bonchev–Trinajstić information content (AvgIpc) is 2.28. The van der Waals surface area contributed by atoms with E-state index in [0.717, 1.165) is 5.56 Å². The fourth-order valence-corrected chi connectivity index (χ4v) is 2.57. The normalized spacial score (nSPS) is 15.4. The molecule has 92 valence electrons. The Kier molecular flexibility index (Phi) is 2.78. The summed E-state index contributed by atoms with van der Waals surface area (Å²) in [6.07, 6.45) is 3.71. The second-order valence-electron chi connectivity index (χ2n) is 4.95. The second kappa shape index (κ2) is 4.45. The van der Waals surface area contributed by atoms with Gasteiger partial charge in [-0.15, -0.1) is 0 Å². The minimum absolute atomic E-state index is 0.234. The van der Waals surface area contributed by atoms with Gasteiger partial charge in [0.1, 0.15) is 5.82 Å². The van der Waals surface area contributed by atoms with Crippen molar-refractivity contribution in [1.82, 2.24) is 0 Å². The fourth-order valence-electron chi connectivity index (χ4n) is 2.57. The van der Waals surface area contributed by atoms with Gasteiger partial charge in [-0.25, -0.2) is 4.39 Å². The predicted molar refractivity (Wildman–Crippen MR) is 72.8 cm³/mol. The highest BCUT2D eigenvalue weighted by Crippen LogP contribution is 2.41. The number of rotatable bonds is 2. The molecule has 0 unspecified atom stereocenters. The maximum Gasteiger partial charge on any atom is 0.133 e. The Morgan fingerprint density at radius 1 is 1.00 bits per heavy atom. The SMILES string of the molecule is Nc1ccc(-c2ccccc2C2CCC2)c(F)c1. The molecule has 0 aliphatic heterocycles. The van der Waals surface area contributed by atoms with Gasteiger partial charge in [-0.05, 0) is 48.1 Å². The number of benzene rings is 2. The lowest BCUT2D eigenvalue weighted by molar-refractivity contribution is 0.420. The average molecular weight is 241 g/mol. The van der Waals surface area contributed by atoms with Crippen LogP contribution in [-0.4, -0.2) is 0 Å². The highest BCUT2D eigenvalue weighted by atomic mass is 19.1. The van der Waals surface area contributed by atoms with Crippen LogP contribution in [0, 0.1) is 5.82 Å². The quantitative estimate of drug-likeness (QED) is 0.777. The summed E-state index contributed by atoms with van der Waals surface area (Å²) in [5, 5.41) is 0. The number of nitrogens with two attached hydrogens (primary N) is 1. The maximum atomic E-state index is 14.0. The first-order valence-corrected chi connectivity index (χ1v) is 6.40. The third-order valence-electron chi connectivity index (χ3n) is 3.79. The molecule has 0 bridgehead atoms. The van der Waals surface area contributed by atoms with Crippen molar-refractivity contribution in [2.24, 2.45) is 0 Å². The zero-order chi connectivity index (χ0) is 12.5. The Morgan fingerprint density at radius 3 is 2.44 bits per heavy atom. The smallest absolute Gasteiger partial charge is 0.133 e. The van der Waals surface area contributed by atoms with Crippen molar-refractivity contribution >= 4 is 5.69 Å². The van der Waals surface area contributed by atoms with Crippen molar-refractivity contribution in [2.75, 3.05) is 5.73 Å². The van der Waals surface area contributed by atoms with Crippen LogP contribution < -0.4 is 5.73 Å². The number of nitrogen functional groups attached to an aromatic ring is 1. The molecule has 2 heteroatoms. The largest absolute Gasteiger partial charge is 0.399 e. The summed E-state index contributed by atoms with van der Waals surface area (Å²) in [6, 6.07) is 13.1. The Bertz CT molecular complexity index is 573. The van der Waals surface area contributed by atoms with Crippen LogP contribution in [0.3, 0.4) is 0 Å². The molecule has 2 aromatic carbocycles. The Morgan fingerprint density at radius 2 is 1.78 bits per heavy atom. The van der Waals surface area contributed by atoms with Crippen molar-refractivity contribution in [3.05, 3.63) is 53.8 Å². The van der Waals surface area contributed by atoms with Gasteiger partial charge in [0, 0.05) is 11.3 Å². The van der Waals surface area contributed by atoms with Gasteiger partial charge in [-0.1, -0.05) is 30.7 Å². The minimum Gasteiger partial charge on any atom is -0.399 e. The molecule has 1 aliphatic carbocycles. The topological polar surface area (TPSA) is 26.0 Å². The lowest BCUT2D eigenvalue weighted by Gasteiger charge is -2.28. The van der Waals surface area contributed by atoms with Gasteiger partial charge in [0.05, 0.1) is 0 Å². The van der Waals surface area contributed by atoms with Crippen LogP contribution in [0.1, 0.15) is 30.7 Å². The van der Waals surface area contributed by atoms with Crippen molar-refractivity contribution in [1.29, 1.82) is 0 Å². The van der Waals surface area contributed by atoms with Crippen LogP contribution in [0.4, 0.5) is 10.1 Å². The van der Waals surface area contributed by atoms with Crippen LogP contribution in [-0.2, 0) is 0 Å². The molecule has 0 amide bonds. The summed E-state index contributed by atoms with van der Waals surface area (Å²) in [5.74, 6) is 0.361. The maximum absolute atomic E-state index is 14.0. The number of anilines is 1. The summed E-state index contributed by atoms with van der Waals surface area (Å²) >= 11 is 0. The van der Waals surface area contributed by atoms with E-state index >= 15 is 0 Å². The molecule has 0 heterocycles. The van der Waals surface area contributed by atoms with Gasteiger partial charge in [-0.3, -0.25) is 0 Å². The Hall–Kier alpha value is -1.83. The second-order valence-corrected chi connectivity index (χ2v) is 4.95. The van der Waals surface area contributed by atoms with Gasteiger partial charge in [-0.2, -0.15) is 0 Å². The fraction of sp³-hybridized carbons (Fsp3) is 0.250. The summed E-state index contributed by atoms with van der Waals surface area (Å²) in [6.45, 7) is 0. The molecule has 2 N–H and O–H groups in total. The van der Waals surface area contributed by atoms with E-state index in [-0.39, 0.29) is 5.82 Å². The zero-order valence-electron chi connectivity index (χ0n) is 10.2. The number of hydrogen-bond donors (Lipinski definition) is 1. The zero-order valence-corrected chi connectivity index (χ0v) is 10.2. The Balaban J connectivity index is 2.10. The number of hydrogen-bond acceptors (Lipinski definition) is 1. The van der Waals surface area contributed by atoms with E-state index in [4.69, 9.17) is 5.73 Å². The molecular weight excluding hydrogens is 225 g/mol.